The molecule has 19 heavy (non-hydrogen) atoms. The second-order valence-corrected chi connectivity index (χ2v) is 7.05. The number of nitrogens with one attached hydrogen (secondary N) is 2. The summed E-state index contributed by atoms with van der Waals surface area (Å²) in [5, 5.41) is 14.1. The lowest BCUT2D eigenvalue weighted by Crippen LogP contribution is -2.32. The lowest BCUT2D eigenvalue weighted by Gasteiger charge is -2.21. The summed E-state index contributed by atoms with van der Waals surface area (Å²) in [6.07, 6.45) is 2.23. The van der Waals surface area contributed by atoms with E-state index in [-0.39, 0.29) is 17.5 Å². The fourth-order valence-electron chi connectivity index (χ4n) is 1.96. The van der Waals surface area contributed by atoms with Crippen molar-refractivity contribution >= 4 is 15.9 Å². The molecule has 0 aliphatic carbocycles. The molecule has 2 N–H and O–H groups in total. The van der Waals surface area contributed by atoms with Gasteiger partial charge >= 0.3 is 6.01 Å². The normalized spacial score (nSPS) is 19.4. The van der Waals surface area contributed by atoms with Crippen molar-refractivity contribution in [1.82, 2.24) is 15.5 Å². The van der Waals surface area contributed by atoms with Gasteiger partial charge < -0.3 is 15.1 Å². The number of rotatable bonds is 6. The quantitative estimate of drug-likeness (QED) is 0.738. The first-order chi connectivity index (χ1) is 9.09. The summed E-state index contributed by atoms with van der Waals surface area (Å²) < 4.78 is 28.1. The second kappa shape index (κ2) is 6.33. The van der Waals surface area contributed by atoms with Crippen LogP contribution in [0.15, 0.2) is 4.42 Å². The van der Waals surface area contributed by atoms with Crippen LogP contribution < -0.4 is 10.6 Å². The molecule has 108 valence electrons. The lowest BCUT2D eigenvalue weighted by atomic mass is 10.2. The van der Waals surface area contributed by atoms with E-state index < -0.39 is 9.84 Å². The van der Waals surface area contributed by atoms with Gasteiger partial charge in [0.05, 0.1) is 18.1 Å². The summed E-state index contributed by atoms with van der Waals surface area (Å²) >= 11 is 0. The summed E-state index contributed by atoms with van der Waals surface area (Å²) in [7, 11) is -2.83. The molecule has 2 heterocycles. The number of sulfone groups is 1. The largest absolute Gasteiger partial charge is 0.407 e. The molecule has 7 nitrogen and oxygen atoms in total. The smallest absolute Gasteiger partial charge is 0.315 e. The summed E-state index contributed by atoms with van der Waals surface area (Å²) in [5.74, 6) is 0.993. The minimum atomic E-state index is -2.83. The van der Waals surface area contributed by atoms with Gasteiger partial charge in [-0.25, -0.2) is 8.42 Å². The molecule has 0 aromatic carbocycles. The minimum Gasteiger partial charge on any atom is -0.407 e. The van der Waals surface area contributed by atoms with E-state index in [1.807, 2.05) is 0 Å². The van der Waals surface area contributed by atoms with Crippen molar-refractivity contribution in [2.24, 2.45) is 0 Å². The summed E-state index contributed by atoms with van der Waals surface area (Å²) in [6.45, 7) is 3.55. The Hall–Kier alpha value is -1.15. The van der Waals surface area contributed by atoms with Crippen LogP contribution in [0.2, 0.25) is 0 Å². The zero-order valence-corrected chi connectivity index (χ0v) is 11.9. The molecule has 1 saturated heterocycles. The molecule has 0 saturated carbocycles. The van der Waals surface area contributed by atoms with Gasteiger partial charge in [-0.15, -0.1) is 5.10 Å². The molecule has 1 fully saturated rings. The highest BCUT2D eigenvalue weighted by atomic mass is 32.2. The van der Waals surface area contributed by atoms with Crippen LogP contribution in [0.3, 0.4) is 0 Å². The Balaban J connectivity index is 1.80. The molecule has 1 aliphatic heterocycles. The third kappa shape index (κ3) is 4.46. The average molecular weight is 288 g/mol. The van der Waals surface area contributed by atoms with Gasteiger partial charge in [0, 0.05) is 6.04 Å². The minimum absolute atomic E-state index is 0.0976. The number of hydrogen-bond donors (Lipinski definition) is 2. The first kappa shape index (κ1) is 14.3. The number of nitrogens with zero attached hydrogens (tertiary/aromatic N) is 2. The third-order valence-electron chi connectivity index (χ3n) is 3.05. The lowest BCUT2D eigenvalue weighted by molar-refractivity contribution is 0.468. The molecule has 0 bridgehead atoms. The van der Waals surface area contributed by atoms with E-state index >= 15 is 0 Å². The molecule has 8 heteroatoms. The molecule has 0 radical (unpaired) electrons. The molecule has 1 aromatic heterocycles. The molecular formula is C11H20N4O3S. The maximum absolute atomic E-state index is 11.3. The van der Waals surface area contributed by atoms with E-state index in [0.29, 0.717) is 31.3 Å². The molecule has 1 aliphatic rings. The van der Waals surface area contributed by atoms with Crippen molar-refractivity contribution in [1.29, 1.82) is 0 Å². The first-order valence-corrected chi connectivity index (χ1v) is 8.41. The summed E-state index contributed by atoms with van der Waals surface area (Å²) in [6, 6.07) is 0.470. The van der Waals surface area contributed by atoms with Gasteiger partial charge in [-0.2, -0.15) is 0 Å². The summed E-state index contributed by atoms with van der Waals surface area (Å²) in [4.78, 5) is 0. The van der Waals surface area contributed by atoms with E-state index in [2.05, 4.69) is 27.8 Å². The Morgan fingerprint density at radius 3 is 2.74 bits per heavy atom. The topological polar surface area (TPSA) is 97.1 Å². The number of anilines is 1. The van der Waals surface area contributed by atoms with E-state index in [4.69, 9.17) is 4.42 Å². The highest BCUT2D eigenvalue weighted by molar-refractivity contribution is 7.91. The van der Waals surface area contributed by atoms with Crippen LogP contribution in [0.1, 0.15) is 32.1 Å². The Bertz CT molecular complexity index is 486. The van der Waals surface area contributed by atoms with Crippen molar-refractivity contribution in [2.45, 2.75) is 38.8 Å². The van der Waals surface area contributed by atoms with E-state index in [1.54, 1.807) is 0 Å². The standard InChI is InChI=1S/C11H20N4O3S/c1-2-5-12-8-10-14-15-11(18-10)13-9-3-6-19(16,17)7-4-9/h9,12H,2-8H2,1H3,(H,13,15). The van der Waals surface area contributed by atoms with Crippen molar-refractivity contribution in [3.8, 4) is 0 Å². The zero-order chi connectivity index (χ0) is 13.7. The Kier molecular flexibility index (Phi) is 4.76. The van der Waals surface area contributed by atoms with Gasteiger partial charge in [0.1, 0.15) is 9.84 Å². The Morgan fingerprint density at radius 2 is 2.05 bits per heavy atom. The highest BCUT2D eigenvalue weighted by Gasteiger charge is 2.24. The molecule has 0 atom stereocenters. The van der Waals surface area contributed by atoms with E-state index in [0.717, 1.165) is 13.0 Å². The highest BCUT2D eigenvalue weighted by Crippen LogP contribution is 2.17. The monoisotopic (exact) mass is 288 g/mol. The molecule has 0 unspecified atom stereocenters. The van der Waals surface area contributed by atoms with Gasteiger partial charge in [0.15, 0.2) is 0 Å². The maximum atomic E-state index is 11.3. The van der Waals surface area contributed by atoms with Crippen LogP contribution in [0.4, 0.5) is 6.01 Å². The van der Waals surface area contributed by atoms with Gasteiger partial charge in [-0.3, -0.25) is 0 Å². The predicted molar refractivity (Wildman–Crippen MR) is 71.6 cm³/mol. The van der Waals surface area contributed by atoms with Gasteiger partial charge in [-0.05, 0) is 25.8 Å². The number of aromatic nitrogens is 2. The molecule has 2 rings (SSSR count). The van der Waals surface area contributed by atoms with Crippen LogP contribution in [0.25, 0.3) is 0 Å². The average Bonchev–Trinajstić information content (AvgIpc) is 2.80. The molecule has 0 amide bonds. The van der Waals surface area contributed by atoms with Crippen LogP contribution >= 0.6 is 0 Å². The van der Waals surface area contributed by atoms with Crippen molar-refractivity contribution in [3.05, 3.63) is 5.89 Å². The molecule has 1 aromatic rings. The van der Waals surface area contributed by atoms with E-state index in [1.165, 1.54) is 0 Å². The van der Waals surface area contributed by atoms with Crippen LogP contribution in [0, 0.1) is 0 Å². The van der Waals surface area contributed by atoms with Gasteiger partial charge in [0.25, 0.3) is 0 Å². The van der Waals surface area contributed by atoms with Gasteiger partial charge in [0.2, 0.25) is 5.89 Å². The van der Waals surface area contributed by atoms with Crippen molar-refractivity contribution in [3.63, 3.8) is 0 Å². The molecular weight excluding hydrogens is 268 g/mol. The Labute approximate surface area is 113 Å². The zero-order valence-electron chi connectivity index (χ0n) is 11.1. The van der Waals surface area contributed by atoms with Crippen molar-refractivity contribution in [2.75, 3.05) is 23.4 Å². The third-order valence-corrected chi connectivity index (χ3v) is 4.77. The maximum Gasteiger partial charge on any atom is 0.315 e. The SMILES string of the molecule is CCCNCc1nnc(NC2CCS(=O)(=O)CC2)o1. The summed E-state index contributed by atoms with van der Waals surface area (Å²) in [5.41, 5.74) is 0. The molecule has 0 spiro atoms. The first-order valence-electron chi connectivity index (χ1n) is 6.59. The Morgan fingerprint density at radius 1 is 1.32 bits per heavy atom. The fourth-order valence-corrected chi connectivity index (χ4v) is 3.46. The van der Waals surface area contributed by atoms with Crippen molar-refractivity contribution < 1.29 is 12.8 Å². The van der Waals surface area contributed by atoms with Crippen LogP contribution in [-0.2, 0) is 16.4 Å². The fraction of sp³-hybridized carbons (Fsp3) is 0.818. The predicted octanol–water partition coefficient (Wildman–Crippen LogP) is 0.558. The number of hydrogen-bond acceptors (Lipinski definition) is 7. The van der Waals surface area contributed by atoms with Gasteiger partial charge in [-0.1, -0.05) is 12.0 Å². The van der Waals surface area contributed by atoms with E-state index in [9.17, 15) is 8.42 Å². The van der Waals surface area contributed by atoms with Crippen LogP contribution in [0.5, 0.6) is 0 Å². The van der Waals surface area contributed by atoms with Crippen LogP contribution in [-0.4, -0.2) is 42.7 Å². The second-order valence-electron chi connectivity index (χ2n) is 4.75.